The molecule has 1 saturated heterocycles. The Bertz CT molecular complexity index is 833. The number of hydrogen-bond acceptors (Lipinski definition) is 6. The zero-order valence-corrected chi connectivity index (χ0v) is 15.6. The van der Waals surface area contributed by atoms with Crippen molar-refractivity contribution in [3.05, 3.63) is 34.1 Å². The van der Waals surface area contributed by atoms with E-state index in [1.165, 1.54) is 0 Å². The number of hydrogen-bond donors (Lipinski definition) is 2. The molecule has 26 heavy (non-hydrogen) atoms. The first-order chi connectivity index (χ1) is 12.4. The lowest BCUT2D eigenvalue weighted by atomic mass is 10.1. The second-order valence-electron chi connectivity index (χ2n) is 6.90. The van der Waals surface area contributed by atoms with Crippen molar-refractivity contribution < 1.29 is 19.3 Å². The van der Waals surface area contributed by atoms with Gasteiger partial charge in [-0.1, -0.05) is 0 Å². The second-order valence-corrected chi connectivity index (χ2v) is 6.90. The summed E-state index contributed by atoms with van der Waals surface area (Å²) in [7, 11) is 3.14. The van der Waals surface area contributed by atoms with Gasteiger partial charge in [0, 0.05) is 36.7 Å². The normalized spacial score (nSPS) is 20.8. The largest absolute Gasteiger partial charge is 0.493 e. The quantitative estimate of drug-likeness (QED) is 0.811. The lowest BCUT2D eigenvalue weighted by Gasteiger charge is -2.18. The zero-order chi connectivity index (χ0) is 18.8. The van der Waals surface area contributed by atoms with E-state index in [0.717, 1.165) is 5.39 Å². The molecule has 0 unspecified atom stereocenters. The van der Waals surface area contributed by atoms with Crippen LogP contribution in [0.3, 0.4) is 0 Å². The minimum atomic E-state index is -0.540. The number of β-amino-alcohol motifs (C(OH)–C–C–N with tert-alkyl or cyclic N) is 1. The summed E-state index contributed by atoms with van der Waals surface area (Å²) in [5.74, 6) is 1.18. The number of aliphatic hydroxyl groups excluding tert-OH is 1. The molecule has 7 heteroatoms. The number of likely N-dealkylation sites (tertiary alicyclic amines) is 1. The van der Waals surface area contributed by atoms with Crippen molar-refractivity contribution in [3.8, 4) is 11.5 Å². The summed E-state index contributed by atoms with van der Waals surface area (Å²) in [5, 5.41) is 11.0. The fraction of sp³-hybridized carbons (Fsp3) is 0.526. The summed E-state index contributed by atoms with van der Waals surface area (Å²) >= 11 is 0. The Morgan fingerprint density at radius 3 is 2.54 bits per heavy atom. The van der Waals surface area contributed by atoms with Crippen LogP contribution in [0.15, 0.2) is 23.0 Å². The van der Waals surface area contributed by atoms with E-state index >= 15 is 0 Å². The lowest BCUT2D eigenvalue weighted by molar-refractivity contribution is -0.0396. The summed E-state index contributed by atoms with van der Waals surface area (Å²) in [4.78, 5) is 17.4. The number of H-pyrrole nitrogens is 1. The first-order valence-corrected chi connectivity index (χ1v) is 8.75. The minimum Gasteiger partial charge on any atom is -0.493 e. The number of pyridine rings is 1. The summed E-state index contributed by atoms with van der Waals surface area (Å²) in [6, 6.07) is 5.46. The maximum atomic E-state index is 12.5. The Morgan fingerprint density at radius 2 is 1.88 bits per heavy atom. The zero-order valence-electron chi connectivity index (χ0n) is 15.6. The molecule has 0 radical (unpaired) electrons. The third-order valence-electron chi connectivity index (χ3n) is 4.58. The highest BCUT2D eigenvalue weighted by Crippen LogP contribution is 2.31. The maximum absolute atomic E-state index is 12.5. The highest BCUT2D eigenvalue weighted by Gasteiger charge is 2.32. The monoisotopic (exact) mass is 362 g/mol. The molecule has 0 amide bonds. The third kappa shape index (κ3) is 3.85. The lowest BCUT2D eigenvalue weighted by Crippen LogP contribution is -2.29. The molecule has 2 heterocycles. The molecule has 2 aromatic rings. The van der Waals surface area contributed by atoms with Crippen LogP contribution >= 0.6 is 0 Å². The van der Waals surface area contributed by atoms with Crippen molar-refractivity contribution in [1.29, 1.82) is 0 Å². The average molecular weight is 362 g/mol. The Morgan fingerprint density at radius 1 is 1.19 bits per heavy atom. The topological polar surface area (TPSA) is 84.0 Å². The molecular weight excluding hydrogens is 336 g/mol. The first-order valence-electron chi connectivity index (χ1n) is 8.75. The molecule has 2 N–H and O–H groups in total. The van der Waals surface area contributed by atoms with Crippen LogP contribution in [0.5, 0.6) is 11.5 Å². The Labute approximate surface area is 152 Å². The summed E-state index contributed by atoms with van der Waals surface area (Å²) in [5.41, 5.74) is 1.19. The van der Waals surface area contributed by atoms with Crippen LogP contribution in [-0.4, -0.2) is 60.6 Å². The standard InChI is InChI=1S/C19H26N2O5/c1-11(2)26-18-10-21(9-15(18)22)8-13-5-12-6-16(24-3)17(25-4)7-14(12)20-19(13)23/h5-7,11,15,18,22H,8-10H2,1-4H3,(H,20,23)/t15-,18-/m0/s1. The van der Waals surface area contributed by atoms with Crippen molar-refractivity contribution in [3.63, 3.8) is 0 Å². The fourth-order valence-electron chi connectivity index (χ4n) is 3.38. The number of methoxy groups -OCH3 is 2. The van der Waals surface area contributed by atoms with Crippen molar-refractivity contribution in [2.24, 2.45) is 0 Å². The summed E-state index contributed by atoms with van der Waals surface area (Å²) in [6.45, 7) is 5.44. The molecule has 142 valence electrons. The van der Waals surface area contributed by atoms with Gasteiger partial charge in [0.05, 0.1) is 38.0 Å². The molecule has 0 bridgehead atoms. The van der Waals surface area contributed by atoms with E-state index in [4.69, 9.17) is 14.2 Å². The molecule has 1 aromatic carbocycles. The van der Waals surface area contributed by atoms with Gasteiger partial charge >= 0.3 is 0 Å². The summed E-state index contributed by atoms with van der Waals surface area (Å²) in [6.07, 6.45) is -0.707. The molecule has 1 fully saturated rings. The molecule has 1 aliphatic rings. The van der Waals surface area contributed by atoms with Crippen LogP contribution in [0.4, 0.5) is 0 Å². The SMILES string of the molecule is COc1cc2cc(CN3C[C@H](OC(C)C)[C@@H](O)C3)c(=O)[nH]c2cc1OC. The van der Waals surface area contributed by atoms with Gasteiger partial charge in [-0.05, 0) is 26.0 Å². The number of nitrogens with zero attached hydrogens (tertiary/aromatic N) is 1. The highest BCUT2D eigenvalue weighted by molar-refractivity contribution is 5.83. The molecule has 7 nitrogen and oxygen atoms in total. The van der Waals surface area contributed by atoms with Gasteiger partial charge in [0.25, 0.3) is 5.56 Å². The van der Waals surface area contributed by atoms with E-state index in [2.05, 4.69) is 4.98 Å². The maximum Gasteiger partial charge on any atom is 0.252 e. The van der Waals surface area contributed by atoms with Crippen molar-refractivity contribution in [1.82, 2.24) is 9.88 Å². The molecule has 1 aromatic heterocycles. The molecule has 3 rings (SSSR count). The van der Waals surface area contributed by atoms with Gasteiger partial charge in [-0.15, -0.1) is 0 Å². The van der Waals surface area contributed by atoms with E-state index in [-0.39, 0.29) is 17.8 Å². The molecular formula is C19H26N2O5. The number of aromatic nitrogens is 1. The average Bonchev–Trinajstić information content (AvgIpc) is 2.93. The summed E-state index contributed by atoms with van der Waals surface area (Å²) < 4.78 is 16.4. The van der Waals surface area contributed by atoms with E-state index < -0.39 is 6.10 Å². The predicted octanol–water partition coefficient (Wildman–Crippen LogP) is 1.52. The van der Waals surface area contributed by atoms with Gasteiger partial charge in [0.15, 0.2) is 11.5 Å². The fourth-order valence-corrected chi connectivity index (χ4v) is 3.38. The predicted molar refractivity (Wildman–Crippen MR) is 99.0 cm³/mol. The van der Waals surface area contributed by atoms with Gasteiger partial charge in [0.1, 0.15) is 0 Å². The highest BCUT2D eigenvalue weighted by atomic mass is 16.5. The van der Waals surface area contributed by atoms with E-state index in [0.29, 0.717) is 42.2 Å². The minimum absolute atomic E-state index is 0.0566. The van der Waals surface area contributed by atoms with E-state index in [9.17, 15) is 9.90 Å². The molecule has 0 spiro atoms. The van der Waals surface area contributed by atoms with Gasteiger partial charge in [-0.2, -0.15) is 0 Å². The molecule has 0 aliphatic carbocycles. The third-order valence-corrected chi connectivity index (χ3v) is 4.58. The number of fused-ring (bicyclic) bond motifs is 1. The van der Waals surface area contributed by atoms with E-state index in [1.807, 2.05) is 30.9 Å². The van der Waals surface area contributed by atoms with Crippen molar-refractivity contribution >= 4 is 10.9 Å². The Kier molecular flexibility index (Phi) is 5.50. The number of nitrogens with one attached hydrogen (secondary N) is 1. The molecule has 2 atom stereocenters. The van der Waals surface area contributed by atoms with Crippen molar-refractivity contribution in [2.45, 2.75) is 38.7 Å². The van der Waals surface area contributed by atoms with Crippen LogP contribution in [0.25, 0.3) is 10.9 Å². The van der Waals surface area contributed by atoms with Gasteiger partial charge < -0.3 is 24.3 Å². The van der Waals surface area contributed by atoms with Crippen LogP contribution in [0, 0.1) is 0 Å². The van der Waals surface area contributed by atoms with Gasteiger partial charge in [-0.3, -0.25) is 9.69 Å². The smallest absolute Gasteiger partial charge is 0.252 e. The number of benzene rings is 1. The molecule has 1 aliphatic heterocycles. The van der Waals surface area contributed by atoms with E-state index in [1.54, 1.807) is 20.3 Å². The Hall–Kier alpha value is -2.09. The number of aliphatic hydroxyl groups is 1. The number of aromatic amines is 1. The van der Waals surface area contributed by atoms with Crippen LogP contribution < -0.4 is 15.0 Å². The van der Waals surface area contributed by atoms with Gasteiger partial charge in [0.2, 0.25) is 0 Å². The first kappa shape index (κ1) is 18.7. The van der Waals surface area contributed by atoms with Crippen LogP contribution in [0.2, 0.25) is 0 Å². The van der Waals surface area contributed by atoms with Gasteiger partial charge in [-0.25, -0.2) is 0 Å². The number of rotatable bonds is 6. The number of ether oxygens (including phenoxy) is 3. The second kappa shape index (κ2) is 7.65. The Balaban J connectivity index is 1.84. The molecule has 0 saturated carbocycles. The van der Waals surface area contributed by atoms with Crippen molar-refractivity contribution in [2.75, 3.05) is 27.3 Å². The van der Waals surface area contributed by atoms with Crippen LogP contribution in [-0.2, 0) is 11.3 Å². The van der Waals surface area contributed by atoms with Crippen LogP contribution in [0.1, 0.15) is 19.4 Å².